The van der Waals surface area contributed by atoms with Crippen LogP contribution in [-0.4, -0.2) is 61.9 Å². The van der Waals surface area contributed by atoms with Crippen LogP contribution in [0, 0.1) is 0 Å². The first-order valence-electron chi connectivity index (χ1n) is 9.63. The highest BCUT2D eigenvalue weighted by molar-refractivity contribution is 6.37. The number of Topliss-reactive ketones (excluding diaryl/α,β-unsaturated/α-hetero) is 2. The minimum atomic E-state index is -1.63. The molecule has 30 heavy (non-hydrogen) atoms. The van der Waals surface area contributed by atoms with Gasteiger partial charge in [-0.05, 0) is 50.2 Å². The molecule has 0 aliphatic carbocycles. The summed E-state index contributed by atoms with van der Waals surface area (Å²) < 4.78 is 11.3. The van der Waals surface area contributed by atoms with Gasteiger partial charge in [0.1, 0.15) is 0 Å². The molecule has 0 unspecified atom stereocenters. The first-order valence-corrected chi connectivity index (χ1v) is 9.63. The third kappa shape index (κ3) is 6.70. The number of carbonyl (C=O) groups is 3. The number of nitrogens with zero attached hydrogens (tertiary/aromatic N) is 1. The number of ether oxygens (including phenoxy) is 2. The Hall–Kier alpha value is -3.19. The van der Waals surface area contributed by atoms with Gasteiger partial charge in [0, 0.05) is 6.54 Å². The summed E-state index contributed by atoms with van der Waals surface area (Å²) in [6, 6.07) is 13.1. The number of ketones is 2. The summed E-state index contributed by atoms with van der Waals surface area (Å²) in [6.07, 6.45) is 0.538. The van der Waals surface area contributed by atoms with E-state index in [0.717, 1.165) is 24.1 Å². The Labute approximate surface area is 176 Å². The van der Waals surface area contributed by atoms with Gasteiger partial charge in [-0.3, -0.25) is 9.59 Å². The summed E-state index contributed by atoms with van der Waals surface area (Å²) in [7, 11) is 5.38. The van der Waals surface area contributed by atoms with Crippen LogP contribution in [0.5, 0.6) is 11.5 Å². The van der Waals surface area contributed by atoms with E-state index in [9.17, 15) is 14.4 Å². The first kappa shape index (κ1) is 23.1. The second-order valence-corrected chi connectivity index (χ2v) is 7.17. The van der Waals surface area contributed by atoms with Gasteiger partial charge >= 0.3 is 5.97 Å². The van der Waals surface area contributed by atoms with Crippen LogP contribution in [0.25, 0.3) is 0 Å². The van der Waals surface area contributed by atoms with E-state index < -0.39 is 24.0 Å². The van der Waals surface area contributed by atoms with E-state index in [1.165, 1.54) is 7.11 Å². The van der Waals surface area contributed by atoms with E-state index in [0.29, 0.717) is 18.8 Å². The monoisotopic (exact) mass is 413 g/mol. The van der Waals surface area contributed by atoms with E-state index >= 15 is 0 Å². The zero-order valence-electron chi connectivity index (χ0n) is 17.5. The van der Waals surface area contributed by atoms with E-state index in [4.69, 9.17) is 14.6 Å². The van der Waals surface area contributed by atoms with Gasteiger partial charge in [-0.1, -0.05) is 30.3 Å². The third-order valence-corrected chi connectivity index (χ3v) is 4.44. The lowest BCUT2D eigenvalue weighted by Gasteiger charge is -2.17. The van der Waals surface area contributed by atoms with Crippen LogP contribution in [0.2, 0.25) is 0 Å². The molecule has 0 saturated heterocycles. The molecule has 1 N–H and O–H groups in total. The van der Waals surface area contributed by atoms with Crippen molar-refractivity contribution >= 4 is 17.5 Å². The maximum absolute atomic E-state index is 12.8. The summed E-state index contributed by atoms with van der Waals surface area (Å²) in [5, 5.41) is 8.86. The second kappa shape index (κ2) is 11.1. The molecule has 2 aromatic carbocycles. The van der Waals surface area contributed by atoms with E-state index in [1.807, 2.05) is 49.3 Å². The van der Waals surface area contributed by atoms with Crippen LogP contribution >= 0.6 is 0 Å². The van der Waals surface area contributed by atoms with Crippen molar-refractivity contribution in [3.05, 3.63) is 59.2 Å². The molecule has 0 bridgehead atoms. The second-order valence-electron chi connectivity index (χ2n) is 7.17. The number of carboxylic acids is 1. The van der Waals surface area contributed by atoms with Gasteiger partial charge in [-0.15, -0.1) is 0 Å². The maximum atomic E-state index is 12.8. The van der Waals surface area contributed by atoms with Crippen LogP contribution in [0.15, 0.2) is 42.5 Å². The number of benzene rings is 2. The van der Waals surface area contributed by atoms with E-state index in [1.54, 1.807) is 12.1 Å². The fourth-order valence-electron chi connectivity index (χ4n) is 2.97. The van der Waals surface area contributed by atoms with Gasteiger partial charge in [0.2, 0.25) is 5.78 Å². The van der Waals surface area contributed by atoms with Crippen molar-refractivity contribution in [3.63, 3.8) is 0 Å². The molecular weight excluding hydrogens is 386 g/mol. The van der Waals surface area contributed by atoms with Crippen LogP contribution in [0.1, 0.15) is 34.3 Å². The summed E-state index contributed by atoms with van der Waals surface area (Å²) in [5.74, 6) is -2.80. The SMILES string of the molecule is COc1cc(Cc2ccccc2)cc(C(=O)CC(=O)C(=O)O)c1OCCCN(C)C. The lowest BCUT2D eigenvalue weighted by Crippen LogP contribution is -2.19. The van der Waals surface area contributed by atoms with Crippen molar-refractivity contribution in [1.29, 1.82) is 0 Å². The number of carbonyl (C=O) groups excluding carboxylic acids is 2. The molecule has 0 aliphatic rings. The van der Waals surface area contributed by atoms with Crippen molar-refractivity contribution in [2.45, 2.75) is 19.3 Å². The summed E-state index contributed by atoms with van der Waals surface area (Å²) >= 11 is 0. The van der Waals surface area contributed by atoms with Gasteiger partial charge in [0.25, 0.3) is 0 Å². The molecule has 0 atom stereocenters. The van der Waals surface area contributed by atoms with Gasteiger partial charge < -0.3 is 19.5 Å². The summed E-state index contributed by atoms with van der Waals surface area (Å²) in [4.78, 5) is 37.3. The number of rotatable bonds is 12. The van der Waals surface area contributed by atoms with Crippen LogP contribution in [0.3, 0.4) is 0 Å². The van der Waals surface area contributed by atoms with Crippen molar-refractivity contribution < 1.29 is 29.0 Å². The lowest BCUT2D eigenvalue weighted by atomic mass is 9.97. The summed E-state index contributed by atoms with van der Waals surface area (Å²) in [6.45, 7) is 1.15. The Morgan fingerprint density at radius 3 is 2.33 bits per heavy atom. The minimum Gasteiger partial charge on any atom is -0.493 e. The number of methoxy groups -OCH3 is 1. The predicted molar refractivity (Wildman–Crippen MR) is 112 cm³/mol. The standard InChI is InChI=1S/C23H27NO6/c1-24(2)10-7-11-30-22-18(19(25)15-20(26)23(27)28)13-17(14-21(22)29-3)12-16-8-5-4-6-9-16/h4-6,8-9,13-14H,7,10-12,15H2,1-3H3,(H,27,28). The largest absolute Gasteiger partial charge is 0.493 e. The Bertz CT molecular complexity index is 892. The van der Waals surface area contributed by atoms with Gasteiger partial charge in [-0.25, -0.2) is 4.79 Å². The zero-order chi connectivity index (χ0) is 22.1. The average Bonchev–Trinajstić information content (AvgIpc) is 2.71. The Kier molecular flexibility index (Phi) is 8.55. The smallest absolute Gasteiger partial charge is 0.372 e. The van der Waals surface area contributed by atoms with Gasteiger partial charge in [0.05, 0.1) is 25.7 Å². The number of hydrogen-bond acceptors (Lipinski definition) is 6. The van der Waals surface area contributed by atoms with Crippen molar-refractivity contribution in [2.24, 2.45) is 0 Å². The van der Waals surface area contributed by atoms with Gasteiger partial charge in [0.15, 0.2) is 17.3 Å². The van der Waals surface area contributed by atoms with Crippen molar-refractivity contribution in [3.8, 4) is 11.5 Å². The molecule has 7 heteroatoms. The molecule has 0 heterocycles. The van der Waals surface area contributed by atoms with E-state index in [-0.39, 0.29) is 11.3 Å². The Morgan fingerprint density at radius 2 is 1.73 bits per heavy atom. The summed E-state index contributed by atoms with van der Waals surface area (Å²) in [5.41, 5.74) is 1.99. The Morgan fingerprint density at radius 1 is 1.03 bits per heavy atom. The fourth-order valence-corrected chi connectivity index (χ4v) is 2.97. The first-order chi connectivity index (χ1) is 14.3. The molecular formula is C23H27NO6. The highest BCUT2D eigenvalue weighted by Crippen LogP contribution is 2.35. The van der Waals surface area contributed by atoms with E-state index in [2.05, 4.69) is 0 Å². The quantitative estimate of drug-likeness (QED) is 0.247. The molecule has 0 radical (unpaired) electrons. The fraction of sp³-hybridized carbons (Fsp3) is 0.348. The zero-order valence-corrected chi connectivity index (χ0v) is 17.5. The Balaban J connectivity index is 2.37. The maximum Gasteiger partial charge on any atom is 0.372 e. The topological polar surface area (TPSA) is 93.1 Å². The minimum absolute atomic E-state index is 0.153. The molecule has 0 spiro atoms. The molecule has 0 saturated carbocycles. The molecule has 7 nitrogen and oxygen atoms in total. The van der Waals surface area contributed by atoms with Crippen molar-refractivity contribution in [2.75, 3.05) is 34.4 Å². The molecule has 0 amide bonds. The van der Waals surface area contributed by atoms with Gasteiger partial charge in [-0.2, -0.15) is 0 Å². The normalized spacial score (nSPS) is 10.7. The lowest BCUT2D eigenvalue weighted by molar-refractivity contribution is -0.148. The average molecular weight is 413 g/mol. The molecule has 0 aliphatic heterocycles. The van der Waals surface area contributed by atoms with Crippen LogP contribution in [-0.2, 0) is 16.0 Å². The molecule has 0 aromatic heterocycles. The number of aliphatic carboxylic acids is 1. The van der Waals surface area contributed by atoms with Crippen LogP contribution in [0.4, 0.5) is 0 Å². The van der Waals surface area contributed by atoms with Crippen LogP contribution < -0.4 is 9.47 Å². The highest BCUT2D eigenvalue weighted by atomic mass is 16.5. The molecule has 2 rings (SSSR count). The highest BCUT2D eigenvalue weighted by Gasteiger charge is 2.24. The molecule has 2 aromatic rings. The molecule has 160 valence electrons. The number of carboxylic acid groups (broad SMARTS) is 1. The third-order valence-electron chi connectivity index (χ3n) is 4.44. The predicted octanol–water partition coefficient (Wildman–Crippen LogP) is 2.84. The molecule has 0 fully saturated rings. The number of hydrogen-bond donors (Lipinski definition) is 1. The van der Waals surface area contributed by atoms with Crippen molar-refractivity contribution in [1.82, 2.24) is 4.90 Å².